The summed E-state index contributed by atoms with van der Waals surface area (Å²) in [5.74, 6) is -0.199. The van der Waals surface area contributed by atoms with Crippen LogP contribution in [0.3, 0.4) is 0 Å². The van der Waals surface area contributed by atoms with Gasteiger partial charge in [0.15, 0.2) is 0 Å². The number of rotatable bonds is 5. The van der Waals surface area contributed by atoms with Gasteiger partial charge in [-0.05, 0) is 24.6 Å². The van der Waals surface area contributed by atoms with Crippen LogP contribution >= 0.6 is 11.3 Å². The summed E-state index contributed by atoms with van der Waals surface area (Å²) in [6, 6.07) is 18.1. The van der Waals surface area contributed by atoms with E-state index in [1.165, 1.54) is 5.56 Å². The van der Waals surface area contributed by atoms with Gasteiger partial charge in [0.05, 0.1) is 12.1 Å². The Morgan fingerprint density at radius 1 is 1.11 bits per heavy atom. The lowest BCUT2D eigenvalue weighted by molar-refractivity contribution is -0.119. The first kappa shape index (κ1) is 18.7. The van der Waals surface area contributed by atoms with E-state index >= 15 is 0 Å². The van der Waals surface area contributed by atoms with E-state index in [-0.39, 0.29) is 30.3 Å². The van der Waals surface area contributed by atoms with Crippen LogP contribution in [0.15, 0.2) is 60.0 Å². The molecule has 144 valence electrons. The molecule has 2 amide bonds. The fraction of sp³-hybridized carbons (Fsp3) is 0.273. The van der Waals surface area contributed by atoms with E-state index in [1.54, 1.807) is 11.3 Å². The summed E-state index contributed by atoms with van der Waals surface area (Å²) in [6.07, 6.45) is 0.868. The van der Waals surface area contributed by atoms with Gasteiger partial charge in [-0.25, -0.2) is 0 Å². The van der Waals surface area contributed by atoms with Crippen LogP contribution < -0.4 is 11.1 Å². The van der Waals surface area contributed by atoms with Crippen molar-refractivity contribution in [3.63, 3.8) is 0 Å². The van der Waals surface area contributed by atoms with Gasteiger partial charge in [0.1, 0.15) is 0 Å². The Bertz CT molecular complexity index is 986. The largest absolute Gasteiger partial charge is 0.369 e. The lowest BCUT2D eigenvalue weighted by Gasteiger charge is -2.38. The van der Waals surface area contributed by atoms with Gasteiger partial charge >= 0.3 is 0 Å². The molecule has 3 aromatic rings. The van der Waals surface area contributed by atoms with E-state index in [0.717, 1.165) is 23.1 Å². The molecule has 0 spiro atoms. The number of benzene rings is 2. The van der Waals surface area contributed by atoms with Gasteiger partial charge in [0, 0.05) is 34.0 Å². The van der Waals surface area contributed by atoms with E-state index in [0.29, 0.717) is 12.1 Å². The highest BCUT2D eigenvalue weighted by molar-refractivity contribution is 7.17. The summed E-state index contributed by atoms with van der Waals surface area (Å²) >= 11 is 1.58. The quantitative estimate of drug-likeness (QED) is 0.700. The SMILES string of the molecule is NC(=O)CN1CC[C@@H](c2ccccc2)[C@@H](NC(=O)c2csc3ccccc23)C1. The van der Waals surface area contributed by atoms with Crippen LogP contribution in [0.4, 0.5) is 0 Å². The Labute approximate surface area is 168 Å². The number of amides is 2. The summed E-state index contributed by atoms with van der Waals surface area (Å²) in [5.41, 5.74) is 7.31. The summed E-state index contributed by atoms with van der Waals surface area (Å²) in [7, 11) is 0. The van der Waals surface area contributed by atoms with Crippen LogP contribution in [0, 0.1) is 0 Å². The third kappa shape index (κ3) is 3.93. The molecule has 0 radical (unpaired) electrons. The second kappa shape index (κ2) is 8.12. The monoisotopic (exact) mass is 393 g/mol. The first-order valence-corrected chi connectivity index (χ1v) is 10.3. The number of likely N-dealkylation sites (tertiary alicyclic amines) is 1. The molecular weight excluding hydrogens is 370 g/mol. The number of nitrogens with zero attached hydrogens (tertiary/aromatic N) is 1. The topological polar surface area (TPSA) is 75.4 Å². The van der Waals surface area contributed by atoms with Gasteiger partial charge in [0.25, 0.3) is 5.91 Å². The number of nitrogens with one attached hydrogen (secondary N) is 1. The molecule has 1 aliphatic heterocycles. The predicted molar refractivity (Wildman–Crippen MR) is 113 cm³/mol. The Hall–Kier alpha value is -2.70. The summed E-state index contributed by atoms with van der Waals surface area (Å²) in [5, 5.41) is 6.14. The second-order valence-electron chi connectivity index (χ2n) is 7.23. The van der Waals surface area contributed by atoms with Crippen LogP contribution in [0.2, 0.25) is 0 Å². The van der Waals surface area contributed by atoms with Crippen molar-refractivity contribution < 1.29 is 9.59 Å². The van der Waals surface area contributed by atoms with Crippen molar-refractivity contribution in [3.05, 3.63) is 71.1 Å². The molecular formula is C22H23N3O2S. The highest BCUT2D eigenvalue weighted by atomic mass is 32.1. The minimum Gasteiger partial charge on any atom is -0.369 e. The van der Waals surface area contributed by atoms with Crippen molar-refractivity contribution in [2.45, 2.75) is 18.4 Å². The van der Waals surface area contributed by atoms with Crippen LogP contribution in [0.25, 0.3) is 10.1 Å². The zero-order valence-corrected chi connectivity index (χ0v) is 16.3. The Balaban J connectivity index is 1.58. The molecule has 28 heavy (non-hydrogen) atoms. The van der Waals surface area contributed by atoms with Crippen molar-refractivity contribution >= 4 is 33.2 Å². The highest BCUT2D eigenvalue weighted by Crippen LogP contribution is 2.30. The average Bonchev–Trinajstić information content (AvgIpc) is 3.13. The number of hydrogen-bond acceptors (Lipinski definition) is 4. The van der Waals surface area contributed by atoms with Crippen LogP contribution in [-0.4, -0.2) is 42.4 Å². The molecule has 0 saturated carbocycles. The molecule has 3 N–H and O–H groups in total. The van der Waals surface area contributed by atoms with E-state index in [1.807, 2.05) is 52.7 Å². The molecule has 1 aliphatic rings. The van der Waals surface area contributed by atoms with Crippen molar-refractivity contribution in [1.82, 2.24) is 10.2 Å². The maximum atomic E-state index is 13.1. The lowest BCUT2D eigenvalue weighted by Crippen LogP contribution is -2.53. The van der Waals surface area contributed by atoms with E-state index in [4.69, 9.17) is 5.73 Å². The molecule has 0 aliphatic carbocycles. The molecule has 1 fully saturated rings. The molecule has 0 bridgehead atoms. The minimum absolute atomic E-state index is 0.0655. The van der Waals surface area contributed by atoms with Crippen molar-refractivity contribution in [2.75, 3.05) is 19.6 Å². The van der Waals surface area contributed by atoms with Gasteiger partial charge in [-0.1, -0.05) is 48.5 Å². The minimum atomic E-state index is -0.341. The number of thiophene rings is 1. The lowest BCUT2D eigenvalue weighted by atomic mass is 9.85. The van der Waals surface area contributed by atoms with Gasteiger partial charge in [-0.3, -0.25) is 14.5 Å². The third-order valence-electron chi connectivity index (χ3n) is 5.35. The first-order chi connectivity index (χ1) is 13.6. The van der Waals surface area contributed by atoms with Crippen molar-refractivity contribution in [2.24, 2.45) is 5.73 Å². The van der Waals surface area contributed by atoms with E-state index in [2.05, 4.69) is 17.4 Å². The summed E-state index contributed by atoms with van der Waals surface area (Å²) in [6.45, 7) is 1.61. The fourth-order valence-corrected chi connectivity index (χ4v) is 4.97. The van der Waals surface area contributed by atoms with E-state index < -0.39 is 0 Å². The Morgan fingerprint density at radius 2 is 1.86 bits per heavy atom. The number of hydrogen-bond donors (Lipinski definition) is 2. The number of primary amides is 1. The molecule has 1 saturated heterocycles. The standard InChI is InChI=1S/C22H23N3O2S/c23-21(26)13-25-11-10-16(15-6-2-1-3-7-15)19(12-25)24-22(27)18-14-28-20-9-5-4-8-17(18)20/h1-9,14,16,19H,10-13H2,(H2,23,26)(H,24,27)/t16-,19-/m0/s1. The number of nitrogens with two attached hydrogens (primary N) is 1. The third-order valence-corrected chi connectivity index (χ3v) is 6.31. The molecule has 2 aromatic carbocycles. The Kier molecular flexibility index (Phi) is 5.41. The van der Waals surface area contributed by atoms with Crippen LogP contribution in [0.5, 0.6) is 0 Å². The van der Waals surface area contributed by atoms with Gasteiger partial charge in [-0.15, -0.1) is 11.3 Å². The smallest absolute Gasteiger partial charge is 0.253 e. The molecule has 0 unspecified atom stereocenters. The molecule has 2 heterocycles. The number of carbonyl (C=O) groups is 2. The molecule has 4 rings (SSSR count). The number of piperidine rings is 1. The van der Waals surface area contributed by atoms with Crippen molar-refractivity contribution in [3.8, 4) is 0 Å². The van der Waals surface area contributed by atoms with Crippen LogP contribution in [0.1, 0.15) is 28.3 Å². The molecule has 2 atom stereocenters. The fourth-order valence-electron chi connectivity index (χ4n) is 4.03. The molecule has 5 nitrogen and oxygen atoms in total. The molecule has 6 heteroatoms. The molecule has 1 aromatic heterocycles. The summed E-state index contributed by atoms with van der Waals surface area (Å²) in [4.78, 5) is 26.5. The average molecular weight is 394 g/mol. The maximum absolute atomic E-state index is 13.1. The predicted octanol–water partition coefficient (Wildman–Crippen LogP) is 2.97. The second-order valence-corrected chi connectivity index (χ2v) is 8.14. The number of carbonyl (C=O) groups excluding carboxylic acids is 2. The number of fused-ring (bicyclic) bond motifs is 1. The van der Waals surface area contributed by atoms with E-state index in [9.17, 15) is 9.59 Å². The normalized spacial score (nSPS) is 20.1. The van der Waals surface area contributed by atoms with Gasteiger partial charge in [-0.2, -0.15) is 0 Å². The first-order valence-electron chi connectivity index (χ1n) is 9.44. The summed E-state index contributed by atoms with van der Waals surface area (Å²) < 4.78 is 1.10. The Morgan fingerprint density at radius 3 is 2.64 bits per heavy atom. The zero-order valence-electron chi connectivity index (χ0n) is 15.5. The highest BCUT2D eigenvalue weighted by Gasteiger charge is 2.32. The van der Waals surface area contributed by atoms with Gasteiger partial charge in [0.2, 0.25) is 5.91 Å². The zero-order chi connectivity index (χ0) is 19.5. The van der Waals surface area contributed by atoms with Crippen LogP contribution in [-0.2, 0) is 4.79 Å². The van der Waals surface area contributed by atoms with Gasteiger partial charge < -0.3 is 11.1 Å². The maximum Gasteiger partial charge on any atom is 0.253 e. The van der Waals surface area contributed by atoms with Crippen molar-refractivity contribution in [1.29, 1.82) is 0 Å².